The fourth-order valence-electron chi connectivity index (χ4n) is 2.12. The molecule has 1 N–H and O–H groups in total. The Labute approximate surface area is 128 Å². The van der Waals surface area contributed by atoms with Crippen molar-refractivity contribution in [1.29, 1.82) is 0 Å². The standard InChI is InChI=1S/C17H17N3S/c1-13(15-8-5-9-18-10-15)19-11-17-20-16(12-21-17)14-6-3-2-4-7-14/h2-10,12-13,19H,11H2,1H3/t13-/m1/s1. The Bertz CT molecular complexity index is 680. The summed E-state index contributed by atoms with van der Waals surface area (Å²) in [6, 6.07) is 14.6. The molecule has 3 aromatic rings. The molecule has 0 amide bonds. The number of pyridine rings is 1. The molecule has 0 spiro atoms. The van der Waals surface area contributed by atoms with Crippen molar-refractivity contribution in [2.75, 3.05) is 0 Å². The Morgan fingerprint density at radius 3 is 2.76 bits per heavy atom. The number of hydrogen-bond acceptors (Lipinski definition) is 4. The van der Waals surface area contributed by atoms with Gasteiger partial charge in [-0.3, -0.25) is 4.98 Å². The maximum absolute atomic E-state index is 4.69. The van der Waals surface area contributed by atoms with Crippen LogP contribution in [0.2, 0.25) is 0 Å². The van der Waals surface area contributed by atoms with Crippen LogP contribution in [0.4, 0.5) is 0 Å². The molecule has 3 rings (SSSR count). The Kier molecular flexibility index (Phi) is 4.38. The minimum Gasteiger partial charge on any atom is -0.304 e. The number of nitrogens with zero attached hydrogens (tertiary/aromatic N) is 2. The molecule has 0 fully saturated rings. The number of nitrogens with one attached hydrogen (secondary N) is 1. The second-order valence-corrected chi connectivity index (χ2v) is 5.82. The van der Waals surface area contributed by atoms with E-state index in [1.54, 1.807) is 17.5 Å². The van der Waals surface area contributed by atoms with E-state index < -0.39 is 0 Å². The van der Waals surface area contributed by atoms with Gasteiger partial charge in [0.25, 0.3) is 0 Å². The molecule has 0 saturated heterocycles. The van der Waals surface area contributed by atoms with Gasteiger partial charge in [-0.05, 0) is 18.6 Å². The fraction of sp³-hybridized carbons (Fsp3) is 0.176. The predicted molar refractivity (Wildman–Crippen MR) is 87.0 cm³/mol. The number of aromatic nitrogens is 2. The fourth-order valence-corrected chi connectivity index (χ4v) is 2.88. The minimum atomic E-state index is 0.266. The van der Waals surface area contributed by atoms with Gasteiger partial charge in [-0.15, -0.1) is 11.3 Å². The minimum absolute atomic E-state index is 0.266. The van der Waals surface area contributed by atoms with Crippen LogP contribution < -0.4 is 5.32 Å². The first-order valence-corrected chi connectivity index (χ1v) is 7.84. The number of benzene rings is 1. The second kappa shape index (κ2) is 6.61. The SMILES string of the molecule is C[C@@H](NCc1nc(-c2ccccc2)cs1)c1cccnc1. The van der Waals surface area contributed by atoms with E-state index in [9.17, 15) is 0 Å². The highest BCUT2D eigenvalue weighted by atomic mass is 32.1. The van der Waals surface area contributed by atoms with Crippen LogP contribution in [0.25, 0.3) is 11.3 Å². The summed E-state index contributed by atoms with van der Waals surface area (Å²) >= 11 is 1.69. The number of rotatable bonds is 5. The Balaban J connectivity index is 1.63. The van der Waals surface area contributed by atoms with Crippen LogP contribution in [0.15, 0.2) is 60.2 Å². The van der Waals surface area contributed by atoms with Gasteiger partial charge in [0.2, 0.25) is 0 Å². The largest absolute Gasteiger partial charge is 0.304 e. The van der Waals surface area contributed by atoms with Gasteiger partial charge < -0.3 is 5.32 Å². The van der Waals surface area contributed by atoms with Crippen LogP contribution in [-0.2, 0) is 6.54 Å². The van der Waals surface area contributed by atoms with Crippen LogP contribution in [0.5, 0.6) is 0 Å². The third kappa shape index (κ3) is 3.54. The van der Waals surface area contributed by atoms with E-state index in [0.717, 1.165) is 17.2 Å². The molecule has 2 heterocycles. The molecular formula is C17H17N3S. The summed E-state index contributed by atoms with van der Waals surface area (Å²) in [5.41, 5.74) is 3.41. The molecule has 1 atom stereocenters. The van der Waals surface area contributed by atoms with Gasteiger partial charge in [0, 0.05) is 35.9 Å². The normalized spacial score (nSPS) is 12.2. The Hall–Kier alpha value is -2.04. The lowest BCUT2D eigenvalue weighted by Crippen LogP contribution is -2.18. The highest BCUT2D eigenvalue weighted by Gasteiger charge is 2.07. The molecule has 0 bridgehead atoms. The molecule has 3 nitrogen and oxygen atoms in total. The summed E-state index contributed by atoms with van der Waals surface area (Å²) in [7, 11) is 0. The molecular weight excluding hydrogens is 278 g/mol. The lowest BCUT2D eigenvalue weighted by atomic mass is 10.1. The van der Waals surface area contributed by atoms with E-state index in [-0.39, 0.29) is 6.04 Å². The zero-order valence-electron chi connectivity index (χ0n) is 11.9. The van der Waals surface area contributed by atoms with Gasteiger partial charge in [-0.1, -0.05) is 36.4 Å². The summed E-state index contributed by atoms with van der Waals surface area (Å²) < 4.78 is 0. The molecule has 0 radical (unpaired) electrons. The molecule has 0 aliphatic rings. The highest BCUT2D eigenvalue weighted by molar-refractivity contribution is 7.09. The van der Waals surface area contributed by atoms with Crippen molar-refractivity contribution in [3.05, 3.63) is 70.8 Å². The molecule has 21 heavy (non-hydrogen) atoms. The van der Waals surface area contributed by atoms with Gasteiger partial charge in [-0.2, -0.15) is 0 Å². The first-order chi connectivity index (χ1) is 10.3. The monoisotopic (exact) mass is 295 g/mol. The number of hydrogen-bond donors (Lipinski definition) is 1. The summed E-state index contributed by atoms with van der Waals surface area (Å²) in [5, 5.41) is 6.70. The zero-order chi connectivity index (χ0) is 14.5. The summed E-state index contributed by atoms with van der Waals surface area (Å²) in [6.07, 6.45) is 3.69. The van der Waals surface area contributed by atoms with E-state index in [0.29, 0.717) is 0 Å². The average molecular weight is 295 g/mol. The summed E-state index contributed by atoms with van der Waals surface area (Å²) in [4.78, 5) is 8.84. The van der Waals surface area contributed by atoms with Gasteiger partial charge in [0.05, 0.1) is 5.69 Å². The third-order valence-corrected chi connectivity index (χ3v) is 4.21. The molecule has 4 heteroatoms. The first kappa shape index (κ1) is 13.9. The zero-order valence-corrected chi connectivity index (χ0v) is 12.7. The Morgan fingerprint density at radius 2 is 2.00 bits per heavy atom. The topological polar surface area (TPSA) is 37.8 Å². The molecule has 0 aliphatic carbocycles. The van der Waals surface area contributed by atoms with E-state index in [1.165, 1.54) is 11.1 Å². The molecule has 0 saturated carbocycles. The van der Waals surface area contributed by atoms with Crippen molar-refractivity contribution in [3.8, 4) is 11.3 Å². The van der Waals surface area contributed by atoms with E-state index in [1.807, 2.05) is 30.5 Å². The lowest BCUT2D eigenvalue weighted by molar-refractivity contribution is 0.572. The van der Waals surface area contributed by atoms with Crippen LogP contribution in [-0.4, -0.2) is 9.97 Å². The van der Waals surface area contributed by atoms with Crippen LogP contribution in [0.3, 0.4) is 0 Å². The predicted octanol–water partition coefficient (Wildman–Crippen LogP) is 4.06. The van der Waals surface area contributed by atoms with Gasteiger partial charge in [0.1, 0.15) is 5.01 Å². The Morgan fingerprint density at radius 1 is 1.14 bits per heavy atom. The van der Waals surface area contributed by atoms with Crippen molar-refractivity contribution in [2.24, 2.45) is 0 Å². The number of thiazole rings is 1. The average Bonchev–Trinajstić information content (AvgIpc) is 3.03. The smallest absolute Gasteiger partial charge is 0.107 e. The molecule has 0 unspecified atom stereocenters. The van der Waals surface area contributed by atoms with E-state index in [4.69, 9.17) is 0 Å². The van der Waals surface area contributed by atoms with E-state index >= 15 is 0 Å². The molecule has 2 aromatic heterocycles. The van der Waals surface area contributed by atoms with Crippen molar-refractivity contribution < 1.29 is 0 Å². The second-order valence-electron chi connectivity index (χ2n) is 4.88. The molecule has 0 aliphatic heterocycles. The van der Waals surface area contributed by atoms with Crippen molar-refractivity contribution in [1.82, 2.24) is 15.3 Å². The summed E-state index contributed by atoms with van der Waals surface area (Å²) in [5.74, 6) is 0. The van der Waals surface area contributed by atoms with Gasteiger partial charge >= 0.3 is 0 Å². The highest BCUT2D eigenvalue weighted by Crippen LogP contribution is 2.22. The lowest BCUT2D eigenvalue weighted by Gasteiger charge is -2.12. The van der Waals surface area contributed by atoms with Gasteiger partial charge in [-0.25, -0.2) is 4.98 Å². The maximum atomic E-state index is 4.69. The van der Waals surface area contributed by atoms with Crippen molar-refractivity contribution in [3.63, 3.8) is 0 Å². The molecule has 106 valence electrons. The van der Waals surface area contributed by atoms with Crippen molar-refractivity contribution in [2.45, 2.75) is 19.5 Å². The van der Waals surface area contributed by atoms with E-state index in [2.05, 4.69) is 45.8 Å². The van der Waals surface area contributed by atoms with Crippen molar-refractivity contribution >= 4 is 11.3 Å². The van der Waals surface area contributed by atoms with Crippen LogP contribution in [0, 0.1) is 0 Å². The first-order valence-electron chi connectivity index (χ1n) is 6.96. The van der Waals surface area contributed by atoms with Crippen LogP contribution >= 0.6 is 11.3 Å². The quantitative estimate of drug-likeness (QED) is 0.771. The maximum Gasteiger partial charge on any atom is 0.107 e. The van der Waals surface area contributed by atoms with Gasteiger partial charge in [0.15, 0.2) is 0 Å². The molecule has 1 aromatic carbocycles. The van der Waals surface area contributed by atoms with Crippen LogP contribution in [0.1, 0.15) is 23.5 Å². The summed E-state index contributed by atoms with van der Waals surface area (Å²) in [6.45, 7) is 2.91. The third-order valence-electron chi connectivity index (χ3n) is 3.37.